The van der Waals surface area contributed by atoms with Crippen LogP contribution in [-0.4, -0.2) is 16.1 Å². The van der Waals surface area contributed by atoms with Crippen molar-refractivity contribution in [3.63, 3.8) is 0 Å². The van der Waals surface area contributed by atoms with E-state index in [9.17, 15) is 10.2 Å². The van der Waals surface area contributed by atoms with E-state index < -0.39 is 0 Å². The number of benzene rings is 2. The van der Waals surface area contributed by atoms with Crippen molar-refractivity contribution in [2.45, 2.75) is 6.42 Å². The smallest absolute Gasteiger partial charge is 0.115 e. The summed E-state index contributed by atoms with van der Waals surface area (Å²) in [6, 6.07) is 14.3. The van der Waals surface area contributed by atoms with Crippen molar-refractivity contribution >= 4 is 17.2 Å². The second-order valence-corrected chi connectivity index (χ2v) is 5.94. The second-order valence-electron chi connectivity index (χ2n) is 5.56. The largest absolute Gasteiger partial charge is 0.508 e. The van der Waals surface area contributed by atoms with E-state index in [2.05, 4.69) is 12.8 Å². The Morgan fingerprint density at radius 1 is 0.750 bits per heavy atom. The van der Waals surface area contributed by atoms with Crippen LogP contribution < -0.4 is 0 Å². The van der Waals surface area contributed by atoms with Crippen molar-refractivity contribution < 1.29 is 10.2 Å². The van der Waals surface area contributed by atoms with E-state index in [1.54, 1.807) is 24.3 Å². The average Bonchev–Trinajstić information content (AvgIpc) is 3.12. The number of allylic oxidation sites excluding steroid dienone is 1. The first-order valence-electron chi connectivity index (χ1n) is 7.79. The lowest BCUT2D eigenvalue weighted by Gasteiger charge is -2.20. The summed E-state index contributed by atoms with van der Waals surface area (Å²) >= 11 is 6.07. The van der Waals surface area contributed by atoms with Gasteiger partial charge in [0.15, 0.2) is 0 Å². The Morgan fingerprint density at radius 2 is 1.21 bits per heavy atom. The first-order chi connectivity index (χ1) is 11.7. The fourth-order valence-electron chi connectivity index (χ4n) is 2.85. The van der Waals surface area contributed by atoms with Gasteiger partial charge in [0.1, 0.15) is 11.5 Å². The summed E-state index contributed by atoms with van der Waals surface area (Å²) in [4.78, 5) is 0. The molecule has 1 aliphatic carbocycles. The van der Waals surface area contributed by atoms with Crippen LogP contribution in [0.3, 0.4) is 0 Å². The molecule has 2 nitrogen and oxygen atoms in total. The van der Waals surface area contributed by atoms with Crippen LogP contribution in [-0.2, 0) is 0 Å². The molecule has 5 radical (unpaired) electrons. The molecule has 0 unspecified atom stereocenters. The lowest BCUT2D eigenvalue weighted by molar-refractivity contribution is 0.475. The maximum absolute atomic E-state index is 9.60. The second kappa shape index (κ2) is 7.76. The topological polar surface area (TPSA) is 40.5 Å². The molecule has 2 aromatic carbocycles. The number of hydrogen-bond acceptors (Lipinski definition) is 2. The van der Waals surface area contributed by atoms with Gasteiger partial charge in [0.2, 0.25) is 0 Å². The molecule has 0 aliphatic heterocycles. The summed E-state index contributed by atoms with van der Waals surface area (Å²) in [5, 5.41) is 19.2. The van der Waals surface area contributed by atoms with Gasteiger partial charge in [0, 0.05) is 11.8 Å². The zero-order chi connectivity index (χ0) is 16.9. The van der Waals surface area contributed by atoms with Gasteiger partial charge in [0.25, 0.3) is 0 Å². The Morgan fingerprint density at radius 3 is 1.62 bits per heavy atom. The zero-order valence-electron chi connectivity index (χ0n) is 13.1. The molecule has 1 saturated carbocycles. The Bertz CT molecular complexity index is 648. The molecule has 0 amide bonds. The van der Waals surface area contributed by atoms with E-state index in [-0.39, 0.29) is 11.5 Å². The number of aromatic hydroxyl groups is 2. The number of alkyl halides is 1. The summed E-state index contributed by atoms with van der Waals surface area (Å²) in [7, 11) is 0. The van der Waals surface area contributed by atoms with Gasteiger partial charge in [-0.2, -0.15) is 0 Å². The molecular weight excluding hydrogens is 320 g/mol. The third-order valence-electron chi connectivity index (χ3n) is 3.97. The standard InChI is InChI=1S/C21H18ClO2/c22-14-13-20(15-3-1-2-4-15)21(16-5-9-18(23)10-6-16)17-7-11-19(24)12-8-17/h1-12,23-24H,13-14H2. The molecule has 3 heteroatoms. The molecule has 1 aliphatic rings. The Labute approximate surface area is 148 Å². The van der Waals surface area contributed by atoms with Gasteiger partial charge in [-0.3, -0.25) is 0 Å². The highest BCUT2D eigenvalue weighted by molar-refractivity contribution is 6.18. The molecule has 2 N–H and O–H groups in total. The monoisotopic (exact) mass is 337 g/mol. The van der Waals surface area contributed by atoms with Crippen molar-refractivity contribution in [2.24, 2.45) is 0 Å². The third-order valence-corrected chi connectivity index (χ3v) is 4.16. The molecule has 0 aromatic heterocycles. The molecule has 0 atom stereocenters. The number of hydrogen-bond donors (Lipinski definition) is 2. The zero-order valence-corrected chi connectivity index (χ0v) is 13.9. The molecule has 0 bridgehead atoms. The Kier molecular flexibility index (Phi) is 5.47. The van der Waals surface area contributed by atoms with Gasteiger partial charge in [-0.15, -0.1) is 11.6 Å². The molecule has 3 rings (SSSR count). The molecule has 0 spiro atoms. The van der Waals surface area contributed by atoms with Crippen LogP contribution in [0.15, 0.2) is 54.1 Å². The maximum atomic E-state index is 9.60. The fourth-order valence-corrected chi connectivity index (χ4v) is 3.04. The molecule has 0 saturated heterocycles. The molecule has 2 aromatic rings. The van der Waals surface area contributed by atoms with Crippen LogP contribution in [0.5, 0.6) is 11.5 Å². The van der Waals surface area contributed by atoms with E-state index in [0.717, 1.165) is 34.6 Å². The predicted octanol–water partition coefficient (Wildman–Crippen LogP) is 4.93. The van der Waals surface area contributed by atoms with Crippen LogP contribution in [0.1, 0.15) is 17.5 Å². The van der Waals surface area contributed by atoms with Crippen molar-refractivity contribution in [2.75, 3.05) is 5.88 Å². The number of halogens is 1. The normalized spacial score (nSPS) is 14.7. The quantitative estimate of drug-likeness (QED) is 0.759. The number of phenolic OH excluding ortho intramolecular Hbond substituents is 2. The van der Waals surface area contributed by atoms with Crippen LogP contribution in [0, 0.1) is 31.6 Å². The highest BCUT2D eigenvalue weighted by Gasteiger charge is 2.25. The summed E-state index contributed by atoms with van der Waals surface area (Å²) in [5.74, 6) is 2.11. The highest BCUT2D eigenvalue weighted by Crippen LogP contribution is 2.40. The predicted molar refractivity (Wildman–Crippen MR) is 98.0 cm³/mol. The Balaban J connectivity index is 2.16. The summed E-state index contributed by atoms with van der Waals surface area (Å²) in [6.07, 6.45) is 8.89. The molecular formula is C21H18ClO2. The first-order valence-corrected chi connectivity index (χ1v) is 8.32. The van der Waals surface area contributed by atoms with Crippen molar-refractivity contribution in [3.05, 3.63) is 96.8 Å². The third kappa shape index (κ3) is 3.76. The van der Waals surface area contributed by atoms with E-state index in [1.165, 1.54) is 0 Å². The van der Waals surface area contributed by atoms with E-state index >= 15 is 0 Å². The Hall–Kier alpha value is -1.93. The highest BCUT2D eigenvalue weighted by atomic mass is 35.5. The minimum atomic E-state index is 0.232. The van der Waals surface area contributed by atoms with Gasteiger partial charge >= 0.3 is 0 Å². The van der Waals surface area contributed by atoms with Crippen LogP contribution in [0.4, 0.5) is 0 Å². The van der Waals surface area contributed by atoms with Gasteiger partial charge in [-0.05, 0) is 73.1 Å². The molecule has 1 fully saturated rings. The first kappa shape index (κ1) is 16.9. The number of phenols is 2. The van der Waals surface area contributed by atoms with E-state index in [0.29, 0.717) is 5.88 Å². The molecule has 24 heavy (non-hydrogen) atoms. The van der Waals surface area contributed by atoms with Gasteiger partial charge in [0.05, 0.1) is 0 Å². The summed E-state index contributed by atoms with van der Waals surface area (Å²) in [6.45, 7) is 0. The van der Waals surface area contributed by atoms with Crippen molar-refractivity contribution in [1.29, 1.82) is 0 Å². The minimum absolute atomic E-state index is 0.232. The van der Waals surface area contributed by atoms with Crippen molar-refractivity contribution in [1.82, 2.24) is 0 Å². The lowest BCUT2D eigenvalue weighted by atomic mass is 9.84. The van der Waals surface area contributed by atoms with E-state index in [1.807, 2.05) is 37.1 Å². The van der Waals surface area contributed by atoms with Gasteiger partial charge in [-0.25, -0.2) is 0 Å². The van der Waals surface area contributed by atoms with Crippen LogP contribution >= 0.6 is 11.6 Å². The summed E-state index contributed by atoms with van der Waals surface area (Å²) in [5.41, 5.74) is 4.20. The fraction of sp³-hybridized carbons (Fsp3) is 0.0952. The van der Waals surface area contributed by atoms with E-state index in [4.69, 9.17) is 11.6 Å². The summed E-state index contributed by atoms with van der Waals surface area (Å²) < 4.78 is 0. The SMILES string of the molecule is Oc1ccc(C(=C(CCCl)[C]2[CH][CH][CH][CH]2)c2ccc(O)cc2)cc1. The number of rotatable bonds is 5. The maximum Gasteiger partial charge on any atom is 0.115 e. The molecule has 0 heterocycles. The van der Waals surface area contributed by atoms with Crippen LogP contribution in [0.2, 0.25) is 0 Å². The van der Waals surface area contributed by atoms with Gasteiger partial charge < -0.3 is 10.2 Å². The molecule has 121 valence electrons. The van der Waals surface area contributed by atoms with Crippen LogP contribution in [0.25, 0.3) is 5.57 Å². The van der Waals surface area contributed by atoms with Gasteiger partial charge in [-0.1, -0.05) is 29.8 Å². The minimum Gasteiger partial charge on any atom is -0.508 e. The lowest BCUT2D eigenvalue weighted by Crippen LogP contribution is -2.04. The average molecular weight is 338 g/mol. The van der Waals surface area contributed by atoms with Crippen molar-refractivity contribution in [3.8, 4) is 11.5 Å².